The summed E-state index contributed by atoms with van der Waals surface area (Å²) >= 11 is 0. The smallest absolute Gasteiger partial charge is 0.318 e. The lowest BCUT2D eigenvalue weighted by Crippen LogP contribution is -2.39. The average Bonchev–Trinajstić information content (AvgIpc) is 3.31. The molecule has 2 aromatic heterocycles. The van der Waals surface area contributed by atoms with E-state index in [0.29, 0.717) is 13.2 Å². The van der Waals surface area contributed by atoms with Gasteiger partial charge in [-0.2, -0.15) is 0 Å². The minimum atomic E-state index is -0.104. The molecule has 0 aromatic carbocycles. The molecule has 1 saturated heterocycles. The number of urea groups is 1. The lowest BCUT2D eigenvalue weighted by molar-refractivity contribution is 0.156. The van der Waals surface area contributed by atoms with E-state index in [9.17, 15) is 4.79 Å². The maximum Gasteiger partial charge on any atom is 0.318 e. The van der Waals surface area contributed by atoms with Crippen LogP contribution in [0, 0.1) is 0 Å². The average molecular weight is 333 g/mol. The Kier molecular flexibility index (Phi) is 5.14. The predicted octanol–water partition coefficient (Wildman–Crippen LogP) is 2.08. The van der Waals surface area contributed by atoms with Gasteiger partial charge >= 0.3 is 6.03 Å². The number of nitrogens with zero attached hydrogens (tertiary/aromatic N) is 4. The van der Waals surface area contributed by atoms with Gasteiger partial charge in [-0.15, -0.1) is 10.2 Å². The third-order valence-electron chi connectivity index (χ3n) is 4.25. The van der Waals surface area contributed by atoms with Crippen molar-refractivity contribution in [1.29, 1.82) is 0 Å². The van der Waals surface area contributed by atoms with E-state index in [1.54, 1.807) is 13.4 Å². The standard InChI is InChI=1S/C16H23N5O3/c1-3-20-11-18-19-15(20)9-17-16(22)21-8-4-5-13(21)14-7-6-12(24-14)10-23-2/h6-7,11,13H,3-5,8-10H2,1-2H3,(H,17,22). The highest BCUT2D eigenvalue weighted by Gasteiger charge is 2.32. The fourth-order valence-corrected chi connectivity index (χ4v) is 3.04. The highest BCUT2D eigenvalue weighted by Crippen LogP contribution is 2.33. The van der Waals surface area contributed by atoms with Crippen molar-refractivity contribution >= 4 is 6.03 Å². The van der Waals surface area contributed by atoms with Crippen molar-refractivity contribution in [3.63, 3.8) is 0 Å². The van der Waals surface area contributed by atoms with Crippen molar-refractivity contribution in [2.75, 3.05) is 13.7 Å². The number of rotatable bonds is 6. The van der Waals surface area contributed by atoms with Crippen LogP contribution in [0.4, 0.5) is 4.79 Å². The number of aryl methyl sites for hydroxylation is 1. The van der Waals surface area contributed by atoms with E-state index in [0.717, 1.165) is 43.3 Å². The first kappa shape index (κ1) is 16.5. The lowest BCUT2D eigenvalue weighted by atomic mass is 10.2. The van der Waals surface area contributed by atoms with Gasteiger partial charge in [0.05, 0.1) is 12.6 Å². The number of aromatic nitrogens is 3. The highest BCUT2D eigenvalue weighted by molar-refractivity contribution is 5.74. The molecule has 0 spiro atoms. The molecular formula is C16H23N5O3. The number of hydrogen-bond donors (Lipinski definition) is 1. The number of nitrogens with one attached hydrogen (secondary N) is 1. The van der Waals surface area contributed by atoms with Crippen LogP contribution in [-0.2, 0) is 24.4 Å². The second-order valence-corrected chi connectivity index (χ2v) is 5.78. The molecule has 3 rings (SSSR count). The van der Waals surface area contributed by atoms with E-state index >= 15 is 0 Å². The van der Waals surface area contributed by atoms with Gasteiger partial charge in [-0.1, -0.05) is 0 Å². The normalized spacial score (nSPS) is 17.4. The van der Waals surface area contributed by atoms with Crippen LogP contribution in [0.2, 0.25) is 0 Å². The summed E-state index contributed by atoms with van der Waals surface area (Å²) in [6, 6.07) is 3.70. The van der Waals surface area contributed by atoms with E-state index in [1.807, 2.05) is 28.5 Å². The van der Waals surface area contributed by atoms with Crippen LogP contribution in [0.3, 0.4) is 0 Å². The molecule has 2 aromatic rings. The van der Waals surface area contributed by atoms with Crippen LogP contribution in [0.1, 0.15) is 43.2 Å². The number of carbonyl (C=O) groups is 1. The van der Waals surface area contributed by atoms with Gasteiger partial charge in [0.15, 0.2) is 5.82 Å². The Hall–Kier alpha value is -2.35. The van der Waals surface area contributed by atoms with Crippen LogP contribution < -0.4 is 5.32 Å². The van der Waals surface area contributed by atoms with Gasteiger partial charge in [-0.05, 0) is 31.9 Å². The van der Waals surface area contributed by atoms with Gasteiger partial charge in [0.25, 0.3) is 0 Å². The van der Waals surface area contributed by atoms with Crippen molar-refractivity contribution in [2.45, 2.75) is 45.5 Å². The minimum absolute atomic E-state index is 0.0281. The first-order chi connectivity index (χ1) is 11.7. The molecular weight excluding hydrogens is 310 g/mol. The predicted molar refractivity (Wildman–Crippen MR) is 86.0 cm³/mol. The van der Waals surface area contributed by atoms with E-state index in [4.69, 9.17) is 9.15 Å². The molecule has 1 atom stereocenters. The van der Waals surface area contributed by atoms with Crippen LogP contribution in [-0.4, -0.2) is 39.4 Å². The molecule has 1 unspecified atom stereocenters. The number of furan rings is 1. The number of likely N-dealkylation sites (tertiary alicyclic amines) is 1. The molecule has 1 fully saturated rings. The molecule has 8 nitrogen and oxygen atoms in total. The monoisotopic (exact) mass is 333 g/mol. The quantitative estimate of drug-likeness (QED) is 0.875. The van der Waals surface area contributed by atoms with Crippen LogP contribution >= 0.6 is 0 Å². The fourth-order valence-electron chi connectivity index (χ4n) is 3.04. The Morgan fingerprint density at radius 3 is 3.17 bits per heavy atom. The number of ether oxygens (including phenoxy) is 1. The van der Waals surface area contributed by atoms with Crippen molar-refractivity contribution in [3.8, 4) is 0 Å². The van der Waals surface area contributed by atoms with Crippen LogP contribution in [0.15, 0.2) is 22.9 Å². The Morgan fingerprint density at radius 1 is 1.50 bits per heavy atom. The first-order valence-corrected chi connectivity index (χ1v) is 8.21. The zero-order valence-electron chi connectivity index (χ0n) is 14.1. The van der Waals surface area contributed by atoms with E-state index in [-0.39, 0.29) is 12.1 Å². The molecule has 2 amide bonds. The highest BCUT2D eigenvalue weighted by atomic mass is 16.5. The zero-order chi connectivity index (χ0) is 16.9. The Bertz CT molecular complexity index is 681. The summed E-state index contributed by atoms with van der Waals surface area (Å²) in [6.45, 7) is 4.31. The number of methoxy groups -OCH3 is 1. The van der Waals surface area contributed by atoms with Crippen LogP contribution in [0.5, 0.6) is 0 Å². The third-order valence-corrected chi connectivity index (χ3v) is 4.25. The van der Waals surface area contributed by atoms with Crippen molar-refractivity contribution in [2.24, 2.45) is 0 Å². The molecule has 1 aliphatic rings. The molecule has 0 radical (unpaired) electrons. The summed E-state index contributed by atoms with van der Waals surface area (Å²) < 4.78 is 12.8. The fraction of sp³-hybridized carbons (Fsp3) is 0.562. The first-order valence-electron chi connectivity index (χ1n) is 8.21. The summed E-state index contributed by atoms with van der Waals surface area (Å²) in [6.07, 6.45) is 3.53. The number of carbonyl (C=O) groups excluding carboxylic acids is 1. The van der Waals surface area contributed by atoms with Crippen molar-refractivity contribution < 1.29 is 13.9 Å². The molecule has 0 saturated carbocycles. The van der Waals surface area contributed by atoms with E-state index in [2.05, 4.69) is 15.5 Å². The van der Waals surface area contributed by atoms with Gasteiger partial charge in [-0.25, -0.2) is 4.79 Å². The van der Waals surface area contributed by atoms with E-state index < -0.39 is 0 Å². The summed E-state index contributed by atoms with van der Waals surface area (Å²) in [4.78, 5) is 14.4. The minimum Gasteiger partial charge on any atom is -0.461 e. The number of amides is 2. The maximum absolute atomic E-state index is 12.5. The molecule has 8 heteroatoms. The van der Waals surface area contributed by atoms with Crippen molar-refractivity contribution in [1.82, 2.24) is 25.0 Å². The summed E-state index contributed by atoms with van der Waals surface area (Å²) in [5.74, 6) is 2.34. The molecule has 24 heavy (non-hydrogen) atoms. The molecule has 1 N–H and O–H groups in total. The Labute approximate surface area is 140 Å². The Morgan fingerprint density at radius 2 is 2.38 bits per heavy atom. The summed E-state index contributed by atoms with van der Waals surface area (Å²) in [5, 5.41) is 10.8. The second-order valence-electron chi connectivity index (χ2n) is 5.78. The molecule has 0 bridgehead atoms. The second kappa shape index (κ2) is 7.48. The van der Waals surface area contributed by atoms with Gasteiger partial charge < -0.3 is 23.9 Å². The van der Waals surface area contributed by atoms with Gasteiger partial charge in [0.2, 0.25) is 0 Å². The maximum atomic E-state index is 12.5. The SMILES string of the molecule is CCn1cnnc1CNC(=O)N1CCCC1c1ccc(COC)o1. The topological polar surface area (TPSA) is 85.4 Å². The summed E-state index contributed by atoms with van der Waals surface area (Å²) in [7, 11) is 1.63. The molecule has 0 aliphatic carbocycles. The van der Waals surface area contributed by atoms with Gasteiger partial charge in [-0.3, -0.25) is 0 Å². The third kappa shape index (κ3) is 3.43. The Balaban J connectivity index is 1.62. The molecule has 1 aliphatic heterocycles. The van der Waals surface area contributed by atoms with E-state index in [1.165, 1.54) is 0 Å². The number of hydrogen-bond acceptors (Lipinski definition) is 5. The van der Waals surface area contributed by atoms with Gasteiger partial charge in [0, 0.05) is 20.2 Å². The molecule has 130 valence electrons. The largest absolute Gasteiger partial charge is 0.461 e. The zero-order valence-corrected chi connectivity index (χ0v) is 14.1. The van der Waals surface area contributed by atoms with Gasteiger partial charge in [0.1, 0.15) is 24.5 Å². The van der Waals surface area contributed by atoms with Crippen molar-refractivity contribution in [3.05, 3.63) is 35.8 Å². The lowest BCUT2D eigenvalue weighted by Gasteiger charge is -2.23. The molecule has 3 heterocycles. The summed E-state index contributed by atoms with van der Waals surface area (Å²) in [5.41, 5.74) is 0. The van der Waals surface area contributed by atoms with Crippen LogP contribution in [0.25, 0.3) is 0 Å².